The van der Waals surface area contributed by atoms with Crippen molar-refractivity contribution in [3.8, 4) is 0 Å². The Morgan fingerprint density at radius 1 is 1.33 bits per heavy atom. The van der Waals surface area contributed by atoms with Crippen LogP contribution in [0.5, 0.6) is 0 Å². The van der Waals surface area contributed by atoms with Crippen molar-refractivity contribution in [2.45, 2.75) is 12.5 Å². The Morgan fingerprint density at radius 3 is 2.71 bits per heavy atom. The number of nitro groups is 1. The third-order valence-corrected chi connectivity index (χ3v) is 4.02. The summed E-state index contributed by atoms with van der Waals surface area (Å²) in [7, 11) is 1.75. The van der Waals surface area contributed by atoms with Crippen molar-refractivity contribution in [2.75, 3.05) is 7.05 Å². The van der Waals surface area contributed by atoms with Crippen molar-refractivity contribution in [1.82, 2.24) is 5.32 Å². The van der Waals surface area contributed by atoms with E-state index in [1.165, 1.54) is 18.2 Å². The quantitative estimate of drug-likeness (QED) is 0.653. The molecule has 0 bridgehead atoms. The normalized spacial score (nSPS) is 12.1. The van der Waals surface area contributed by atoms with Crippen molar-refractivity contribution in [1.29, 1.82) is 0 Å². The summed E-state index contributed by atoms with van der Waals surface area (Å²) in [6, 6.07) is 10.8. The molecule has 0 fully saturated rings. The van der Waals surface area contributed by atoms with Gasteiger partial charge in [-0.15, -0.1) is 0 Å². The topological polar surface area (TPSA) is 55.2 Å². The molecule has 0 saturated carbocycles. The average molecular weight is 353 g/mol. The number of hydrogen-bond acceptors (Lipinski definition) is 3. The predicted octanol–water partition coefficient (Wildman–Crippen LogP) is 4.00. The van der Waals surface area contributed by atoms with Crippen LogP contribution in [0.3, 0.4) is 0 Å². The van der Waals surface area contributed by atoms with Crippen LogP contribution in [-0.2, 0) is 6.42 Å². The second kappa shape index (κ2) is 6.78. The number of likely N-dealkylation sites (N-methyl/N-ethyl adjacent to an activating group) is 1. The van der Waals surface area contributed by atoms with Gasteiger partial charge in [0.15, 0.2) is 0 Å². The lowest BCUT2D eigenvalue weighted by molar-refractivity contribution is -0.385. The molecular weight excluding hydrogens is 339 g/mol. The van der Waals surface area contributed by atoms with E-state index in [9.17, 15) is 14.5 Å². The smallest absolute Gasteiger partial charge is 0.272 e. The van der Waals surface area contributed by atoms with Crippen molar-refractivity contribution < 1.29 is 9.31 Å². The minimum Gasteiger partial charge on any atom is -0.313 e. The Kier molecular flexibility index (Phi) is 5.03. The number of halogens is 2. The first kappa shape index (κ1) is 15.6. The fourth-order valence-electron chi connectivity index (χ4n) is 2.23. The molecule has 21 heavy (non-hydrogen) atoms. The predicted molar refractivity (Wildman–Crippen MR) is 82.7 cm³/mol. The first-order valence-corrected chi connectivity index (χ1v) is 7.16. The molecule has 0 aliphatic rings. The summed E-state index contributed by atoms with van der Waals surface area (Å²) < 4.78 is 14.2. The maximum atomic E-state index is 13.4. The third kappa shape index (κ3) is 3.65. The Balaban J connectivity index is 2.36. The molecule has 6 heteroatoms. The molecular formula is C15H14BrFN2O2. The highest BCUT2D eigenvalue weighted by Crippen LogP contribution is 2.29. The molecule has 0 saturated heterocycles. The van der Waals surface area contributed by atoms with Gasteiger partial charge in [0.25, 0.3) is 5.69 Å². The number of benzene rings is 2. The lowest BCUT2D eigenvalue weighted by atomic mass is 9.98. The van der Waals surface area contributed by atoms with Crippen LogP contribution in [-0.4, -0.2) is 12.0 Å². The van der Waals surface area contributed by atoms with Crippen LogP contribution in [0.15, 0.2) is 46.9 Å². The SMILES string of the molecule is CNC(Cc1ccccc1[N+](=O)[O-])c1cc(F)ccc1Br. The highest BCUT2D eigenvalue weighted by atomic mass is 79.9. The van der Waals surface area contributed by atoms with E-state index in [0.717, 1.165) is 10.0 Å². The van der Waals surface area contributed by atoms with E-state index in [1.807, 2.05) is 0 Å². The Morgan fingerprint density at radius 2 is 2.05 bits per heavy atom. The summed E-state index contributed by atoms with van der Waals surface area (Å²) >= 11 is 3.39. The monoisotopic (exact) mass is 352 g/mol. The van der Waals surface area contributed by atoms with Gasteiger partial charge < -0.3 is 5.32 Å². The third-order valence-electron chi connectivity index (χ3n) is 3.29. The zero-order chi connectivity index (χ0) is 15.4. The van der Waals surface area contributed by atoms with E-state index in [1.54, 1.807) is 31.3 Å². The molecule has 1 N–H and O–H groups in total. The molecule has 0 aliphatic carbocycles. The van der Waals surface area contributed by atoms with Gasteiger partial charge in [-0.05, 0) is 37.2 Å². The number of nitro benzene ring substituents is 1. The van der Waals surface area contributed by atoms with Gasteiger partial charge in [-0.1, -0.05) is 34.1 Å². The molecule has 110 valence electrons. The number of rotatable bonds is 5. The summed E-state index contributed by atoms with van der Waals surface area (Å²) in [4.78, 5) is 10.7. The Bertz CT molecular complexity index is 664. The molecule has 2 aromatic rings. The summed E-state index contributed by atoms with van der Waals surface area (Å²) in [5, 5.41) is 14.1. The first-order valence-electron chi connectivity index (χ1n) is 6.37. The number of nitrogens with zero attached hydrogens (tertiary/aromatic N) is 1. The van der Waals surface area contributed by atoms with E-state index < -0.39 is 4.92 Å². The molecule has 0 amide bonds. The summed E-state index contributed by atoms with van der Waals surface area (Å²) in [5.74, 6) is -0.337. The minimum absolute atomic E-state index is 0.0743. The second-order valence-corrected chi connectivity index (χ2v) is 5.45. The highest BCUT2D eigenvalue weighted by molar-refractivity contribution is 9.10. The van der Waals surface area contributed by atoms with Gasteiger partial charge >= 0.3 is 0 Å². The fraction of sp³-hybridized carbons (Fsp3) is 0.200. The van der Waals surface area contributed by atoms with Gasteiger partial charge in [-0.3, -0.25) is 10.1 Å². The molecule has 0 heterocycles. The molecule has 2 aromatic carbocycles. The molecule has 4 nitrogen and oxygen atoms in total. The van der Waals surface area contributed by atoms with E-state index in [2.05, 4.69) is 21.2 Å². The number of hydrogen-bond donors (Lipinski definition) is 1. The van der Waals surface area contributed by atoms with E-state index in [-0.39, 0.29) is 17.5 Å². The van der Waals surface area contributed by atoms with Crippen LogP contribution in [0.25, 0.3) is 0 Å². The highest BCUT2D eigenvalue weighted by Gasteiger charge is 2.19. The van der Waals surface area contributed by atoms with E-state index in [4.69, 9.17) is 0 Å². The molecule has 1 atom stereocenters. The van der Waals surface area contributed by atoms with E-state index >= 15 is 0 Å². The van der Waals surface area contributed by atoms with Crippen LogP contribution >= 0.6 is 15.9 Å². The molecule has 1 unspecified atom stereocenters. The van der Waals surface area contributed by atoms with Gasteiger partial charge in [0.05, 0.1) is 4.92 Å². The molecule has 0 spiro atoms. The Labute approximate surface area is 130 Å². The van der Waals surface area contributed by atoms with Gasteiger partial charge in [0.1, 0.15) is 5.82 Å². The van der Waals surface area contributed by atoms with E-state index in [0.29, 0.717) is 12.0 Å². The number of para-hydroxylation sites is 1. The maximum absolute atomic E-state index is 13.4. The summed E-state index contributed by atoms with van der Waals surface area (Å²) in [5.41, 5.74) is 1.42. The second-order valence-electron chi connectivity index (χ2n) is 4.60. The van der Waals surface area contributed by atoms with Gasteiger partial charge in [0, 0.05) is 22.1 Å². The molecule has 0 radical (unpaired) electrons. The molecule has 0 aromatic heterocycles. The van der Waals surface area contributed by atoms with Crippen LogP contribution in [0.1, 0.15) is 17.2 Å². The molecule has 2 rings (SSSR count). The fourth-order valence-corrected chi connectivity index (χ4v) is 2.75. The van der Waals surface area contributed by atoms with Crippen LogP contribution < -0.4 is 5.32 Å². The summed E-state index contributed by atoms with van der Waals surface area (Å²) in [6.45, 7) is 0. The Hall–Kier alpha value is -1.79. The number of nitrogens with one attached hydrogen (secondary N) is 1. The zero-order valence-electron chi connectivity index (χ0n) is 11.3. The maximum Gasteiger partial charge on any atom is 0.272 e. The summed E-state index contributed by atoms with van der Waals surface area (Å²) in [6.07, 6.45) is 0.399. The van der Waals surface area contributed by atoms with Crippen LogP contribution in [0.2, 0.25) is 0 Å². The van der Waals surface area contributed by atoms with Gasteiger partial charge in [-0.2, -0.15) is 0 Å². The zero-order valence-corrected chi connectivity index (χ0v) is 12.9. The van der Waals surface area contributed by atoms with Crippen LogP contribution in [0.4, 0.5) is 10.1 Å². The van der Waals surface area contributed by atoms with Crippen molar-refractivity contribution in [3.05, 3.63) is 74.0 Å². The first-order chi connectivity index (χ1) is 10.0. The van der Waals surface area contributed by atoms with Crippen molar-refractivity contribution >= 4 is 21.6 Å². The largest absolute Gasteiger partial charge is 0.313 e. The van der Waals surface area contributed by atoms with Gasteiger partial charge in [0.2, 0.25) is 0 Å². The average Bonchev–Trinajstić information content (AvgIpc) is 2.47. The molecule has 0 aliphatic heterocycles. The minimum atomic E-state index is -0.400. The lowest BCUT2D eigenvalue weighted by Crippen LogP contribution is -2.20. The van der Waals surface area contributed by atoms with Crippen molar-refractivity contribution in [2.24, 2.45) is 0 Å². The van der Waals surface area contributed by atoms with Gasteiger partial charge in [-0.25, -0.2) is 4.39 Å². The van der Waals surface area contributed by atoms with Crippen LogP contribution in [0, 0.1) is 15.9 Å². The lowest BCUT2D eigenvalue weighted by Gasteiger charge is -2.18. The van der Waals surface area contributed by atoms with Crippen molar-refractivity contribution in [3.63, 3.8) is 0 Å². The standard InChI is InChI=1S/C15H14BrFN2O2/c1-18-14(12-9-11(17)6-7-13(12)16)8-10-4-2-3-5-15(10)19(20)21/h2-7,9,14,18H,8H2,1H3.